The fraction of sp³-hybridized carbons (Fsp3) is 0.333. The van der Waals surface area contributed by atoms with Crippen molar-refractivity contribution >= 4 is 11.9 Å². The number of carbonyl (C=O) groups excluding carboxylic acids is 1. The molecule has 0 spiro atoms. The fourth-order valence-corrected chi connectivity index (χ4v) is 2.00. The molecule has 7 heteroatoms. The SMILES string of the molecule is CC(C)C[C@H](NC(=O)c1ccc(-n2ccnc2)nc1)C(=O)O. The van der Waals surface area contributed by atoms with Crippen molar-refractivity contribution in [1.29, 1.82) is 0 Å². The number of hydrogen-bond donors (Lipinski definition) is 2. The van der Waals surface area contributed by atoms with Gasteiger partial charge in [-0.15, -0.1) is 0 Å². The molecular weight excluding hydrogens is 284 g/mol. The smallest absolute Gasteiger partial charge is 0.326 e. The Morgan fingerprint density at radius 1 is 1.36 bits per heavy atom. The number of carboxylic acids is 1. The minimum Gasteiger partial charge on any atom is -0.480 e. The van der Waals surface area contributed by atoms with E-state index in [1.165, 1.54) is 6.20 Å². The minimum atomic E-state index is -1.04. The van der Waals surface area contributed by atoms with Crippen molar-refractivity contribution < 1.29 is 14.7 Å². The molecule has 0 fully saturated rings. The van der Waals surface area contributed by atoms with Crippen molar-refractivity contribution in [3.63, 3.8) is 0 Å². The molecule has 22 heavy (non-hydrogen) atoms. The second-order valence-electron chi connectivity index (χ2n) is 5.37. The van der Waals surface area contributed by atoms with Gasteiger partial charge in [-0.2, -0.15) is 0 Å². The lowest BCUT2D eigenvalue weighted by atomic mass is 10.0. The second-order valence-corrected chi connectivity index (χ2v) is 5.37. The highest BCUT2D eigenvalue weighted by molar-refractivity contribution is 5.96. The number of pyridine rings is 1. The van der Waals surface area contributed by atoms with Crippen LogP contribution < -0.4 is 5.32 Å². The van der Waals surface area contributed by atoms with Crippen LogP contribution in [0.5, 0.6) is 0 Å². The van der Waals surface area contributed by atoms with E-state index in [1.807, 2.05) is 13.8 Å². The molecule has 0 aliphatic carbocycles. The van der Waals surface area contributed by atoms with Crippen LogP contribution in [0.15, 0.2) is 37.1 Å². The Hall–Kier alpha value is -2.70. The standard InChI is InChI=1S/C15H18N4O3/c1-10(2)7-12(15(21)22)18-14(20)11-3-4-13(17-8-11)19-6-5-16-9-19/h3-6,8-10,12H,7H2,1-2H3,(H,18,20)(H,21,22)/t12-/m0/s1. The van der Waals surface area contributed by atoms with E-state index in [4.69, 9.17) is 5.11 Å². The number of nitrogens with one attached hydrogen (secondary N) is 1. The molecule has 0 aromatic carbocycles. The van der Waals surface area contributed by atoms with Gasteiger partial charge in [0, 0.05) is 18.6 Å². The van der Waals surface area contributed by atoms with E-state index in [0.29, 0.717) is 17.8 Å². The van der Waals surface area contributed by atoms with Gasteiger partial charge in [0.05, 0.1) is 5.56 Å². The first-order valence-corrected chi connectivity index (χ1v) is 6.95. The summed E-state index contributed by atoms with van der Waals surface area (Å²) in [6, 6.07) is 2.38. The van der Waals surface area contributed by atoms with Gasteiger partial charge >= 0.3 is 5.97 Å². The van der Waals surface area contributed by atoms with Crippen LogP contribution >= 0.6 is 0 Å². The molecule has 2 rings (SSSR count). The molecule has 0 aliphatic heterocycles. The monoisotopic (exact) mass is 302 g/mol. The third-order valence-electron chi connectivity index (χ3n) is 3.09. The van der Waals surface area contributed by atoms with Crippen LogP contribution in [-0.4, -0.2) is 37.6 Å². The molecule has 0 saturated carbocycles. The van der Waals surface area contributed by atoms with Crippen molar-refractivity contribution in [3.05, 3.63) is 42.6 Å². The zero-order chi connectivity index (χ0) is 16.1. The lowest BCUT2D eigenvalue weighted by Gasteiger charge is -2.16. The van der Waals surface area contributed by atoms with Crippen LogP contribution in [-0.2, 0) is 4.79 Å². The molecule has 1 amide bonds. The number of amides is 1. The molecule has 0 radical (unpaired) electrons. The Kier molecular flexibility index (Phi) is 4.88. The van der Waals surface area contributed by atoms with Crippen LogP contribution in [0, 0.1) is 5.92 Å². The van der Waals surface area contributed by atoms with Crippen molar-refractivity contribution in [2.75, 3.05) is 0 Å². The molecule has 0 aliphatic rings. The predicted molar refractivity (Wildman–Crippen MR) is 79.7 cm³/mol. The van der Waals surface area contributed by atoms with Crippen molar-refractivity contribution in [1.82, 2.24) is 19.9 Å². The van der Waals surface area contributed by atoms with Gasteiger partial charge in [-0.25, -0.2) is 14.8 Å². The van der Waals surface area contributed by atoms with Crippen LogP contribution in [0.4, 0.5) is 0 Å². The van der Waals surface area contributed by atoms with E-state index in [-0.39, 0.29) is 5.92 Å². The van der Waals surface area contributed by atoms with Gasteiger partial charge in [0.1, 0.15) is 18.2 Å². The van der Waals surface area contributed by atoms with Crippen LogP contribution in [0.1, 0.15) is 30.6 Å². The second kappa shape index (κ2) is 6.84. The summed E-state index contributed by atoms with van der Waals surface area (Å²) >= 11 is 0. The quantitative estimate of drug-likeness (QED) is 0.842. The van der Waals surface area contributed by atoms with E-state index in [0.717, 1.165) is 0 Å². The number of carboxylic acid groups (broad SMARTS) is 1. The van der Waals surface area contributed by atoms with Crippen LogP contribution in [0.25, 0.3) is 5.82 Å². The van der Waals surface area contributed by atoms with Gasteiger partial charge in [0.15, 0.2) is 0 Å². The van der Waals surface area contributed by atoms with E-state index in [9.17, 15) is 9.59 Å². The van der Waals surface area contributed by atoms with Gasteiger partial charge in [-0.1, -0.05) is 13.8 Å². The zero-order valence-corrected chi connectivity index (χ0v) is 12.4. The molecule has 2 heterocycles. The minimum absolute atomic E-state index is 0.170. The average molecular weight is 302 g/mol. The number of nitrogens with zero attached hydrogens (tertiary/aromatic N) is 3. The fourth-order valence-electron chi connectivity index (χ4n) is 2.00. The number of carbonyl (C=O) groups is 2. The molecule has 0 bridgehead atoms. The number of aromatic nitrogens is 3. The summed E-state index contributed by atoms with van der Waals surface area (Å²) in [7, 11) is 0. The van der Waals surface area contributed by atoms with Crippen molar-refractivity contribution in [2.45, 2.75) is 26.3 Å². The summed E-state index contributed by atoms with van der Waals surface area (Å²) in [6.07, 6.45) is 6.77. The molecule has 2 aromatic heterocycles. The maximum Gasteiger partial charge on any atom is 0.326 e. The lowest BCUT2D eigenvalue weighted by Crippen LogP contribution is -2.41. The normalized spacial score (nSPS) is 12.1. The number of imidazole rings is 1. The molecule has 2 aromatic rings. The first-order chi connectivity index (χ1) is 10.5. The van der Waals surface area contributed by atoms with Crippen LogP contribution in [0.2, 0.25) is 0 Å². The Balaban J connectivity index is 2.07. The van der Waals surface area contributed by atoms with Crippen LogP contribution in [0.3, 0.4) is 0 Å². The maximum atomic E-state index is 12.1. The van der Waals surface area contributed by atoms with Crippen molar-refractivity contribution in [3.8, 4) is 5.82 Å². The highest BCUT2D eigenvalue weighted by Gasteiger charge is 2.21. The van der Waals surface area contributed by atoms with Gasteiger partial charge in [-0.3, -0.25) is 9.36 Å². The molecule has 116 valence electrons. The molecule has 0 saturated heterocycles. The Morgan fingerprint density at radius 2 is 2.14 bits per heavy atom. The number of rotatable bonds is 6. The topological polar surface area (TPSA) is 97.1 Å². The summed E-state index contributed by atoms with van der Waals surface area (Å²) in [6.45, 7) is 3.81. The van der Waals surface area contributed by atoms with Gasteiger partial charge in [0.25, 0.3) is 5.91 Å². The maximum absolute atomic E-state index is 12.1. The number of aliphatic carboxylic acids is 1. The first-order valence-electron chi connectivity index (χ1n) is 6.95. The lowest BCUT2D eigenvalue weighted by molar-refractivity contribution is -0.139. The Bertz CT molecular complexity index is 635. The van der Waals surface area contributed by atoms with Gasteiger partial charge in [-0.05, 0) is 24.5 Å². The number of hydrogen-bond acceptors (Lipinski definition) is 4. The molecule has 2 N–H and O–H groups in total. The third kappa shape index (κ3) is 3.91. The van der Waals surface area contributed by atoms with E-state index < -0.39 is 17.9 Å². The molecule has 1 atom stereocenters. The average Bonchev–Trinajstić information content (AvgIpc) is 3.00. The van der Waals surface area contributed by atoms with Crippen molar-refractivity contribution in [2.24, 2.45) is 5.92 Å². The Morgan fingerprint density at radius 3 is 2.64 bits per heavy atom. The molecular formula is C15H18N4O3. The molecule has 0 unspecified atom stereocenters. The highest BCUT2D eigenvalue weighted by Crippen LogP contribution is 2.08. The van der Waals surface area contributed by atoms with E-state index in [2.05, 4.69) is 15.3 Å². The summed E-state index contributed by atoms with van der Waals surface area (Å²) < 4.78 is 1.71. The molecule has 7 nitrogen and oxygen atoms in total. The van der Waals surface area contributed by atoms with Gasteiger partial charge < -0.3 is 10.4 Å². The van der Waals surface area contributed by atoms with Gasteiger partial charge in [0.2, 0.25) is 0 Å². The Labute approximate surface area is 128 Å². The highest BCUT2D eigenvalue weighted by atomic mass is 16.4. The zero-order valence-electron chi connectivity index (χ0n) is 12.4. The third-order valence-corrected chi connectivity index (χ3v) is 3.09. The largest absolute Gasteiger partial charge is 0.480 e. The summed E-state index contributed by atoms with van der Waals surface area (Å²) in [5, 5.41) is 11.7. The summed E-state index contributed by atoms with van der Waals surface area (Å²) in [5.41, 5.74) is 0.318. The predicted octanol–water partition coefficient (Wildman–Crippen LogP) is 1.50. The van der Waals surface area contributed by atoms with E-state index >= 15 is 0 Å². The first kappa shape index (κ1) is 15.7. The van der Waals surface area contributed by atoms with E-state index in [1.54, 1.807) is 35.4 Å². The summed E-state index contributed by atoms with van der Waals surface area (Å²) in [4.78, 5) is 31.4. The summed E-state index contributed by atoms with van der Waals surface area (Å²) in [5.74, 6) is -0.683.